The molecule has 0 aliphatic heterocycles. The Kier molecular flexibility index (Phi) is 6.53. The minimum absolute atomic E-state index is 0.00763. The molecule has 128 valence electrons. The number of carbonyl (C=O) groups excluding carboxylic acids is 2. The Balaban J connectivity index is 1.94. The number of amides is 1. The SMILES string of the molecule is CC[C@H](OC(=O)c1nsc(Cl)c1Cl)C(=O)NCc1ccc(F)cc1. The van der Waals surface area contributed by atoms with Gasteiger partial charge in [0.2, 0.25) is 0 Å². The number of halogens is 3. The summed E-state index contributed by atoms with van der Waals surface area (Å²) in [6.45, 7) is 1.89. The second kappa shape index (κ2) is 8.41. The van der Waals surface area contributed by atoms with Gasteiger partial charge in [-0.05, 0) is 35.6 Å². The molecule has 2 rings (SSSR count). The highest BCUT2D eigenvalue weighted by Gasteiger charge is 2.25. The number of hydrogen-bond donors (Lipinski definition) is 1. The molecule has 0 fully saturated rings. The average Bonchev–Trinajstić information content (AvgIpc) is 2.91. The molecule has 0 unspecified atom stereocenters. The van der Waals surface area contributed by atoms with E-state index in [9.17, 15) is 14.0 Å². The summed E-state index contributed by atoms with van der Waals surface area (Å²) in [7, 11) is 0. The number of benzene rings is 1. The van der Waals surface area contributed by atoms with E-state index in [1.54, 1.807) is 19.1 Å². The fourth-order valence-electron chi connectivity index (χ4n) is 1.80. The van der Waals surface area contributed by atoms with E-state index >= 15 is 0 Å². The van der Waals surface area contributed by atoms with E-state index in [0.29, 0.717) is 0 Å². The summed E-state index contributed by atoms with van der Waals surface area (Å²) in [5.41, 5.74) is 0.608. The summed E-state index contributed by atoms with van der Waals surface area (Å²) in [6.07, 6.45) is -0.717. The van der Waals surface area contributed by atoms with Crippen LogP contribution >= 0.6 is 34.7 Å². The van der Waals surface area contributed by atoms with Crippen LogP contribution in [0.4, 0.5) is 4.39 Å². The van der Waals surface area contributed by atoms with Gasteiger partial charge in [-0.1, -0.05) is 42.3 Å². The second-order valence-corrected chi connectivity index (χ2v) is 6.52. The number of nitrogens with one attached hydrogen (secondary N) is 1. The van der Waals surface area contributed by atoms with Crippen molar-refractivity contribution in [3.05, 3.63) is 50.7 Å². The van der Waals surface area contributed by atoms with Crippen LogP contribution in [0.2, 0.25) is 9.36 Å². The highest BCUT2D eigenvalue weighted by Crippen LogP contribution is 2.30. The van der Waals surface area contributed by atoms with Crippen molar-refractivity contribution in [1.82, 2.24) is 9.69 Å². The third-order valence-corrected chi connectivity index (χ3v) is 4.69. The van der Waals surface area contributed by atoms with Gasteiger partial charge < -0.3 is 10.1 Å². The number of carbonyl (C=O) groups is 2. The Bertz CT molecular complexity index is 737. The van der Waals surface area contributed by atoms with E-state index < -0.39 is 18.0 Å². The van der Waals surface area contributed by atoms with Crippen LogP contribution in [0.15, 0.2) is 24.3 Å². The van der Waals surface area contributed by atoms with E-state index in [-0.39, 0.29) is 33.8 Å². The van der Waals surface area contributed by atoms with Gasteiger partial charge in [0.15, 0.2) is 11.8 Å². The second-order valence-electron chi connectivity index (χ2n) is 4.77. The predicted molar refractivity (Wildman–Crippen MR) is 89.9 cm³/mol. The van der Waals surface area contributed by atoms with Gasteiger partial charge in [0.25, 0.3) is 5.91 Å². The molecule has 24 heavy (non-hydrogen) atoms. The summed E-state index contributed by atoms with van der Waals surface area (Å²) in [5, 5.41) is 2.64. The lowest BCUT2D eigenvalue weighted by atomic mass is 10.2. The third-order valence-electron chi connectivity index (χ3n) is 3.08. The number of aromatic nitrogens is 1. The molecule has 1 N–H and O–H groups in total. The van der Waals surface area contributed by atoms with Crippen molar-refractivity contribution >= 4 is 46.6 Å². The maximum atomic E-state index is 12.8. The lowest BCUT2D eigenvalue weighted by Gasteiger charge is -2.15. The molecule has 1 heterocycles. The Morgan fingerprint density at radius 3 is 2.54 bits per heavy atom. The molecule has 0 aliphatic carbocycles. The van der Waals surface area contributed by atoms with Crippen LogP contribution in [0.5, 0.6) is 0 Å². The van der Waals surface area contributed by atoms with Crippen molar-refractivity contribution in [2.45, 2.75) is 26.0 Å². The van der Waals surface area contributed by atoms with Crippen molar-refractivity contribution < 1.29 is 18.7 Å². The summed E-state index contributed by atoms with van der Waals surface area (Å²) >= 11 is 12.5. The van der Waals surface area contributed by atoms with Gasteiger partial charge in [-0.25, -0.2) is 9.18 Å². The number of rotatable bonds is 6. The van der Waals surface area contributed by atoms with E-state index in [4.69, 9.17) is 27.9 Å². The highest BCUT2D eigenvalue weighted by atomic mass is 35.5. The Hall–Kier alpha value is -1.70. The number of hydrogen-bond acceptors (Lipinski definition) is 5. The topological polar surface area (TPSA) is 68.3 Å². The molecule has 2 aromatic rings. The van der Waals surface area contributed by atoms with Gasteiger partial charge >= 0.3 is 5.97 Å². The molecule has 0 saturated heterocycles. The van der Waals surface area contributed by atoms with Gasteiger partial charge in [0.05, 0.1) is 0 Å². The van der Waals surface area contributed by atoms with Gasteiger partial charge in [0.1, 0.15) is 15.2 Å². The van der Waals surface area contributed by atoms with E-state index in [1.807, 2.05) is 0 Å². The van der Waals surface area contributed by atoms with Crippen LogP contribution in [0.1, 0.15) is 29.4 Å². The molecule has 0 spiro atoms. The number of nitrogens with zero attached hydrogens (tertiary/aromatic N) is 1. The minimum Gasteiger partial charge on any atom is -0.447 e. The zero-order valence-electron chi connectivity index (χ0n) is 12.5. The van der Waals surface area contributed by atoms with Gasteiger partial charge in [-0.15, -0.1) is 0 Å². The Labute approximate surface area is 151 Å². The standard InChI is InChI=1S/C15H13Cl2FN2O3S/c1-2-10(23-15(22)12-11(16)13(17)24-20-12)14(21)19-7-8-3-5-9(18)6-4-8/h3-6,10H,2,7H2,1H3,(H,19,21)/t10-/m0/s1. The lowest BCUT2D eigenvalue weighted by molar-refractivity contribution is -0.130. The molecular formula is C15H13Cl2FN2O3S. The van der Waals surface area contributed by atoms with Crippen molar-refractivity contribution in [2.75, 3.05) is 0 Å². The quantitative estimate of drug-likeness (QED) is 0.760. The van der Waals surface area contributed by atoms with E-state index in [2.05, 4.69) is 9.69 Å². The van der Waals surface area contributed by atoms with Crippen molar-refractivity contribution in [1.29, 1.82) is 0 Å². The van der Waals surface area contributed by atoms with E-state index in [1.165, 1.54) is 12.1 Å². The molecular weight excluding hydrogens is 378 g/mol. The fourth-order valence-corrected chi connectivity index (χ4v) is 2.78. The van der Waals surface area contributed by atoms with Crippen LogP contribution in [0.3, 0.4) is 0 Å². The monoisotopic (exact) mass is 390 g/mol. The van der Waals surface area contributed by atoms with E-state index in [0.717, 1.165) is 17.1 Å². The molecule has 0 aliphatic rings. The Morgan fingerprint density at radius 1 is 1.33 bits per heavy atom. The molecule has 0 radical (unpaired) electrons. The highest BCUT2D eigenvalue weighted by molar-refractivity contribution is 7.11. The van der Waals surface area contributed by atoms with Crippen LogP contribution in [0.25, 0.3) is 0 Å². The first kappa shape index (κ1) is 18.6. The number of ether oxygens (including phenoxy) is 1. The lowest BCUT2D eigenvalue weighted by Crippen LogP contribution is -2.37. The maximum absolute atomic E-state index is 12.8. The Morgan fingerprint density at radius 2 is 2.00 bits per heavy atom. The maximum Gasteiger partial charge on any atom is 0.360 e. The van der Waals surface area contributed by atoms with Crippen LogP contribution in [-0.4, -0.2) is 22.4 Å². The largest absolute Gasteiger partial charge is 0.447 e. The van der Waals surface area contributed by atoms with Crippen LogP contribution < -0.4 is 5.32 Å². The van der Waals surface area contributed by atoms with Gasteiger partial charge in [-0.3, -0.25) is 4.79 Å². The first-order chi connectivity index (χ1) is 11.4. The van der Waals surface area contributed by atoms with Crippen molar-refractivity contribution in [3.63, 3.8) is 0 Å². The zero-order chi connectivity index (χ0) is 17.7. The molecule has 1 aromatic carbocycles. The normalized spacial score (nSPS) is 11.8. The first-order valence-corrected chi connectivity index (χ1v) is 8.49. The third kappa shape index (κ3) is 4.66. The van der Waals surface area contributed by atoms with Crippen molar-refractivity contribution in [2.24, 2.45) is 0 Å². The molecule has 5 nitrogen and oxygen atoms in total. The van der Waals surface area contributed by atoms with Crippen LogP contribution in [0, 0.1) is 5.82 Å². The molecule has 1 amide bonds. The van der Waals surface area contributed by atoms with Gasteiger partial charge in [0, 0.05) is 6.54 Å². The molecule has 0 saturated carbocycles. The zero-order valence-corrected chi connectivity index (χ0v) is 14.8. The summed E-state index contributed by atoms with van der Waals surface area (Å²) in [6, 6.07) is 5.71. The average molecular weight is 391 g/mol. The van der Waals surface area contributed by atoms with Gasteiger partial charge in [-0.2, -0.15) is 4.37 Å². The van der Waals surface area contributed by atoms with Crippen molar-refractivity contribution in [3.8, 4) is 0 Å². The number of esters is 1. The molecule has 0 bridgehead atoms. The molecule has 1 atom stereocenters. The predicted octanol–water partition coefficient (Wildman–Crippen LogP) is 3.84. The first-order valence-electron chi connectivity index (χ1n) is 6.96. The summed E-state index contributed by atoms with van der Waals surface area (Å²) in [4.78, 5) is 24.2. The minimum atomic E-state index is -0.991. The molecule has 1 aromatic heterocycles. The fraction of sp³-hybridized carbons (Fsp3) is 0.267. The smallest absolute Gasteiger partial charge is 0.360 e. The van der Waals surface area contributed by atoms with Crippen LogP contribution in [-0.2, 0) is 16.1 Å². The summed E-state index contributed by atoms with van der Waals surface area (Å²) in [5.74, 6) is -1.64. The summed E-state index contributed by atoms with van der Waals surface area (Å²) < 4.78 is 22.0. The molecule has 9 heteroatoms.